The Kier molecular flexibility index (Phi) is 5.27. The highest BCUT2D eigenvalue weighted by Gasteiger charge is 2.19. The minimum Gasteiger partial charge on any atom is -0.392 e. The molecule has 1 atom stereocenters. The van der Waals surface area contributed by atoms with Crippen LogP contribution in [0.3, 0.4) is 0 Å². The largest absolute Gasteiger partial charge is 0.392 e. The summed E-state index contributed by atoms with van der Waals surface area (Å²) in [5.74, 6) is 1.13. The number of nitrogens with one attached hydrogen (secondary N) is 1. The van der Waals surface area contributed by atoms with E-state index in [-0.39, 0.29) is 12.4 Å². The van der Waals surface area contributed by atoms with E-state index in [1.54, 1.807) is 24.3 Å². The van der Waals surface area contributed by atoms with Gasteiger partial charge in [0.1, 0.15) is 0 Å². The SMILES string of the molecule is O=S(=O)(Cc1ccc(CO)cc1)NCC1CCCS1. The molecule has 19 heavy (non-hydrogen) atoms. The molecular formula is C13H19NO3S2. The van der Waals surface area contributed by atoms with Crippen LogP contribution >= 0.6 is 11.8 Å². The molecule has 6 heteroatoms. The summed E-state index contributed by atoms with van der Waals surface area (Å²) in [5, 5.41) is 9.36. The van der Waals surface area contributed by atoms with Crippen molar-refractivity contribution in [3.8, 4) is 0 Å². The molecule has 2 N–H and O–H groups in total. The number of sulfonamides is 1. The second-order valence-electron chi connectivity index (χ2n) is 4.72. The molecule has 0 saturated carbocycles. The Morgan fingerprint density at radius 1 is 1.26 bits per heavy atom. The molecule has 0 radical (unpaired) electrons. The second-order valence-corrected chi connectivity index (χ2v) is 7.93. The van der Waals surface area contributed by atoms with Crippen LogP contribution in [0.1, 0.15) is 24.0 Å². The highest BCUT2D eigenvalue weighted by Crippen LogP contribution is 2.25. The van der Waals surface area contributed by atoms with Gasteiger partial charge >= 0.3 is 0 Å². The summed E-state index contributed by atoms with van der Waals surface area (Å²) in [5.41, 5.74) is 1.53. The molecular weight excluding hydrogens is 282 g/mol. The maximum atomic E-state index is 11.9. The van der Waals surface area contributed by atoms with Crippen molar-refractivity contribution in [2.24, 2.45) is 0 Å². The van der Waals surface area contributed by atoms with Gasteiger partial charge in [-0.05, 0) is 29.7 Å². The minimum absolute atomic E-state index is 0.00387. The highest BCUT2D eigenvalue weighted by atomic mass is 32.2. The van der Waals surface area contributed by atoms with Gasteiger partial charge < -0.3 is 5.11 Å². The summed E-state index contributed by atoms with van der Waals surface area (Å²) in [4.78, 5) is 0. The predicted octanol–water partition coefficient (Wildman–Crippen LogP) is 1.49. The van der Waals surface area contributed by atoms with Gasteiger partial charge in [-0.1, -0.05) is 24.3 Å². The van der Waals surface area contributed by atoms with Gasteiger partial charge in [-0.2, -0.15) is 11.8 Å². The van der Waals surface area contributed by atoms with Gasteiger partial charge in [0.15, 0.2) is 0 Å². The molecule has 0 aliphatic carbocycles. The quantitative estimate of drug-likeness (QED) is 0.835. The fraction of sp³-hybridized carbons (Fsp3) is 0.538. The van der Waals surface area contributed by atoms with Gasteiger partial charge in [0.25, 0.3) is 0 Å². The molecule has 1 heterocycles. The van der Waals surface area contributed by atoms with Crippen LogP contribution in [0.15, 0.2) is 24.3 Å². The summed E-state index contributed by atoms with van der Waals surface area (Å²) < 4.78 is 26.6. The lowest BCUT2D eigenvalue weighted by Crippen LogP contribution is -2.30. The zero-order valence-electron chi connectivity index (χ0n) is 10.7. The average Bonchev–Trinajstić information content (AvgIpc) is 2.90. The van der Waals surface area contributed by atoms with E-state index >= 15 is 0 Å². The molecule has 1 aromatic carbocycles. The molecule has 4 nitrogen and oxygen atoms in total. The third kappa shape index (κ3) is 4.80. The lowest BCUT2D eigenvalue weighted by Gasteiger charge is -2.11. The number of aliphatic hydroxyl groups excluding tert-OH is 1. The molecule has 2 rings (SSSR count). The Morgan fingerprint density at radius 3 is 2.53 bits per heavy atom. The van der Waals surface area contributed by atoms with Crippen molar-refractivity contribution in [2.75, 3.05) is 12.3 Å². The van der Waals surface area contributed by atoms with E-state index in [4.69, 9.17) is 5.11 Å². The molecule has 1 unspecified atom stereocenters. The van der Waals surface area contributed by atoms with Crippen LogP contribution in [0.4, 0.5) is 0 Å². The lowest BCUT2D eigenvalue weighted by molar-refractivity contribution is 0.282. The summed E-state index contributed by atoms with van der Waals surface area (Å²) in [6.07, 6.45) is 2.28. The van der Waals surface area contributed by atoms with Crippen LogP contribution in [0.25, 0.3) is 0 Å². The number of benzene rings is 1. The molecule has 0 bridgehead atoms. The van der Waals surface area contributed by atoms with E-state index in [1.165, 1.54) is 6.42 Å². The van der Waals surface area contributed by atoms with E-state index < -0.39 is 10.0 Å². The first-order valence-electron chi connectivity index (χ1n) is 6.37. The molecule has 0 amide bonds. The smallest absolute Gasteiger partial charge is 0.215 e. The summed E-state index contributed by atoms with van der Waals surface area (Å²) in [6, 6.07) is 6.99. The zero-order chi connectivity index (χ0) is 13.7. The Labute approximate surface area is 118 Å². The van der Waals surface area contributed by atoms with Gasteiger partial charge in [0.05, 0.1) is 12.4 Å². The third-order valence-corrected chi connectivity index (χ3v) is 5.84. The van der Waals surface area contributed by atoms with E-state index in [1.807, 2.05) is 11.8 Å². The van der Waals surface area contributed by atoms with Gasteiger partial charge in [-0.15, -0.1) is 0 Å². The van der Waals surface area contributed by atoms with E-state index in [0.717, 1.165) is 23.3 Å². The van der Waals surface area contributed by atoms with Crippen molar-refractivity contribution in [2.45, 2.75) is 30.5 Å². The lowest BCUT2D eigenvalue weighted by atomic mass is 10.2. The average molecular weight is 301 g/mol. The predicted molar refractivity (Wildman–Crippen MR) is 78.5 cm³/mol. The molecule has 0 aromatic heterocycles. The van der Waals surface area contributed by atoms with Crippen LogP contribution < -0.4 is 4.72 Å². The second kappa shape index (κ2) is 6.74. The number of thioether (sulfide) groups is 1. The Hall–Kier alpha value is -0.560. The van der Waals surface area contributed by atoms with E-state index in [2.05, 4.69) is 4.72 Å². The fourth-order valence-corrected chi connectivity index (χ4v) is 4.53. The monoisotopic (exact) mass is 301 g/mol. The van der Waals surface area contributed by atoms with Crippen LogP contribution in [0, 0.1) is 0 Å². The normalized spacial score (nSPS) is 19.7. The topological polar surface area (TPSA) is 66.4 Å². The number of hydrogen-bond donors (Lipinski definition) is 2. The Bertz CT molecular complexity index is 493. The van der Waals surface area contributed by atoms with E-state index in [0.29, 0.717) is 11.8 Å². The van der Waals surface area contributed by atoms with Crippen LogP contribution in [-0.4, -0.2) is 31.1 Å². The number of rotatable bonds is 6. The van der Waals surface area contributed by atoms with Crippen LogP contribution in [0.5, 0.6) is 0 Å². The Balaban J connectivity index is 1.88. The standard InChI is InChI=1S/C13H19NO3S2/c15-9-11-3-5-12(6-4-11)10-19(16,17)14-8-13-2-1-7-18-13/h3-6,13-15H,1-2,7-10H2. The first-order valence-corrected chi connectivity index (χ1v) is 9.07. The summed E-state index contributed by atoms with van der Waals surface area (Å²) >= 11 is 1.84. The summed E-state index contributed by atoms with van der Waals surface area (Å²) in [6.45, 7) is 0.506. The first-order chi connectivity index (χ1) is 9.09. The van der Waals surface area contributed by atoms with Crippen LogP contribution in [-0.2, 0) is 22.4 Å². The van der Waals surface area contributed by atoms with Crippen molar-refractivity contribution in [3.63, 3.8) is 0 Å². The third-order valence-electron chi connectivity index (χ3n) is 3.12. The van der Waals surface area contributed by atoms with Gasteiger partial charge in [-0.25, -0.2) is 13.1 Å². The maximum absolute atomic E-state index is 11.9. The zero-order valence-corrected chi connectivity index (χ0v) is 12.3. The van der Waals surface area contributed by atoms with Crippen molar-refractivity contribution in [3.05, 3.63) is 35.4 Å². The molecule has 1 aliphatic rings. The van der Waals surface area contributed by atoms with Crippen molar-refractivity contribution < 1.29 is 13.5 Å². The molecule has 0 spiro atoms. The fourth-order valence-electron chi connectivity index (χ4n) is 2.04. The number of aliphatic hydroxyl groups is 1. The van der Waals surface area contributed by atoms with Crippen molar-refractivity contribution >= 4 is 21.8 Å². The highest BCUT2D eigenvalue weighted by molar-refractivity contribution is 8.00. The van der Waals surface area contributed by atoms with Crippen molar-refractivity contribution in [1.29, 1.82) is 0 Å². The van der Waals surface area contributed by atoms with Gasteiger partial charge in [0.2, 0.25) is 10.0 Å². The molecule has 1 aromatic rings. The van der Waals surface area contributed by atoms with Crippen LogP contribution in [0.2, 0.25) is 0 Å². The maximum Gasteiger partial charge on any atom is 0.215 e. The van der Waals surface area contributed by atoms with E-state index in [9.17, 15) is 8.42 Å². The molecule has 1 fully saturated rings. The number of hydrogen-bond acceptors (Lipinski definition) is 4. The molecule has 106 valence electrons. The van der Waals surface area contributed by atoms with Crippen molar-refractivity contribution in [1.82, 2.24) is 4.72 Å². The first kappa shape index (κ1) is 14.8. The minimum atomic E-state index is -3.27. The Morgan fingerprint density at radius 2 is 1.95 bits per heavy atom. The summed E-state index contributed by atoms with van der Waals surface area (Å²) in [7, 11) is -3.27. The molecule has 1 saturated heterocycles. The van der Waals surface area contributed by atoms with Gasteiger partial charge in [0, 0.05) is 11.8 Å². The molecule has 1 aliphatic heterocycles. The van der Waals surface area contributed by atoms with Gasteiger partial charge in [-0.3, -0.25) is 0 Å².